The molecule has 0 aliphatic carbocycles. The number of hydrogen-bond acceptors (Lipinski definition) is 3. The van der Waals surface area contributed by atoms with E-state index in [1.54, 1.807) is 14.2 Å². The molecule has 4 nitrogen and oxygen atoms in total. The Bertz CT molecular complexity index is 655. The maximum absolute atomic E-state index is 12.6. The van der Waals surface area contributed by atoms with Crippen LogP contribution in [0.1, 0.15) is 36.8 Å². The zero-order chi connectivity index (χ0) is 17.4. The summed E-state index contributed by atoms with van der Waals surface area (Å²) in [6.07, 6.45) is 1.80. The monoisotopic (exact) mass is 327 g/mol. The number of rotatable bonds is 8. The molecule has 0 aromatic heterocycles. The van der Waals surface area contributed by atoms with Crippen molar-refractivity contribution in [2.45, 2.75) is 32.2 Å². The van der Waals surface area contributed by atoms with Crippen molar-refractivity contribution in [1.29, 1.82) is 0 Å². The van der Waals surface area contributed by atoms with E-state index in [0.717, 1.165) is 24.0 Å². The molecule has 0 saturated carbocycles. The minimum absolute atomic E-state index is 0.0536. The molecule has 1 atom stereocenters. The SMILES string of the molecule is CCC[C@@H](C(=O)NCc1ccc(OC)c(OC)c1)c1ccccc1. The molecule has 1 N–H and O–H groups in total. The highest BCUT2D eigenvalue weighted by molar-refractivity contribution is 5.83. The van der Waals surface area contributed by atoms with E-state index < -0.39 is 0 Å². The molecule has 2 rings (SSSR count). The molecule has 0 saturated heterocycles. The van der Waals surface area contributed by atoms with E-state index in [9.17, 15) is 4.79 Å². The maximum Gasteiger partial charge on any atom is 0.227 e. The first-order chi connectivity index (χ1) is 11.7. The van der Waals surface area contributed by atoms with Gasteiger partial charge in [-0.05, 0) is 29.7 Å². The Labute approximate surface area is 143 Å². The molecule has 0 unspecified atom stereocenters. The van der Waals surface area contributed by atoms with Crippen molar-refractivity contribution in [2.75, 3.05) is 14.2 Å². The van der Waals surface area contributed by atoms with Gasteiger partial charge in [-0.1, -0.05) is 49.7 Å². The van der Waals surface area contributed by atoms with Gasteiger partial charge in [0.05, 0.1) is 20.1 Å². The zero-order valence-electron chi connectivity index (χ0n) is 14.5. The zero-order valence-corrected chi connectivity index (χ0v) is 14.5. The summed E-state index contributed by atoms with van der Waals surface area (Å²) in [5.41, 5.74) is 2.04. The molecule has 24 heavy (non-hydrogen) atoms. The second kappa shape index (κ2) is 8.96. The molecular formula is C20H25NO3. The van der Waals surface area contributed by atoms with E-state index in [4.69, 9.17) is 9.47 Å². The first kappa shape index (κ1) is 17.9. The standard InChI is InChI=1S/C20H25NO3/c1-4-8-17(16-9-6-5-7-10-16)20(22)21-14-15-11-12-18(23-2)19(13-15)24-3/h5-7,9-13,17H,4,8,14H2,1-3H3,(H,21,22)/t17-/m1/s1. The van der Waals surface area contributed by atoms with E-state index in [0.29, 0.717) is 18.0 Å². The highest BCUT2D eigenvalue weighted by Crippen LogP contribution is 2.27. The smallest absolute Gasteiger partial charge is 0.227 e. The van der Waals surface area contributed by atoms with Crippen LogP contribution in [0.15, 0.2) is 48.5 Å². The number of ether oxygens (including phenoxy) is 2. The van der Waals surface area contributed by atoms with E-state index in [1.165, 1.54) is 0 Å². The third-order valence-electron chi connectivity index (χ3n) is 4.01. The largest absolute Gasteiger partial charge is 0.493 e. The van der Waals surface area contributed by atoms with Gasteiger partial charge >= 0.3 is 0 Å². The summed E-state index contributed by atoms with van der Waals surface area (Å²) in [6.45, 7) is 2.56. The Morgan fingerprint density at radius 3 is 2.38 bits per heavy atom. The molecule has 1 amide bonds. The van der Waals surface area contributed by atoms with Crippen molar-refractivity contribution in [3.63, 3.8) is 0 Å². The summed E-state index contributed by atoms with van der Waals surface area (Å²) in [6, 6.07) is 15.6. The Balaban J connectivity index is 2.05. The molecule has 0 fully saturated rings. The van der Waals surface area contributed by atoms with Crippen LogP contribution in [-0.4, -0.2) is 20.1 Å². The molecule has 0 aliphatic heterocycles. The predicted octanol–water partition coefficient (Wildman–Crippen LogP) is 3.90. The number of benzene rings is 2. The second-order valence-corrected chi connectivity index (χ2v) is 5.66. The third kappa shape index (κ3) is 4.51. The maximum atomic E-state index is 12.6. The Hall–Kier alpha value is -2.49. The quantitative estimate of drug-likeness (QED) is 0.800. The molecule has 0 spiro atoms. The van der Waals surface area contributed by atoms with Gasteiger partial charge in [-0.15, -0.1) is 0 Å². The van der Waals surface area contributed by atoms with Crippen molar-refractivity contribution in [2.24, 2.45) is 0 Å². The van der Waals surface area contributed by atoms with Crippen LogP contribution in [0, 0.1) is 0 Å². The van der Waals surface area contributed by atoms with E-state index in [-0.39, 0.29) is 11.8 Å². The van der Waals surface area contributed by atoms with Crippen LogP contribution in [0.5, 0.6) is 11.5 Å². The fourth-order valence-electron chi connectivity index (χ4n) is 2.73. The van der Waals surface area contributed by atoms with Gasteiger partial charge in [0.2, 0.25) is 5.91 Å². The van der Waals surface area contributed by atoms with E-state index in [1.807, 2.05) is 48.5 Å². The lowest BCUT2D eigenvalue weighted by molar-refractivity contribution is -0.122. The van der Waals surface area contributed by atoms with Crippen LogP contribution in [0.3, 0.4) is 0 Å². The minimum atomic E-state index is -0.114. The molecule has 2 aromatic rings. The number of methoxy groups -OCH3 is 2. The van der Waals surface area contributed by atoms with E-state index in [2.05, 4.69) is 12.2 Å². The Morgan fingerprint density at radius 1 is 1.04 bits per heavy atom. The lowest BCUT2D eigenvalue weighted by Gasteiger charge is -2.17. The number of carbonyl (C=O) groups is 1. The summed E-state index contributed by atoms with van der Waals surface area (Å²) in [5, 5.41) is 3.04. The van der Waals surface area contributed by atoms with Gasteiger partial charge in [0.1, 0.15) is 0 Å². The molecule has 128 valence electrons. The van der Waals surface area contributed by atoms with Gasteiger partial charge in [-0.25, -0.2) is 0 Å². The van der Waals surface area contributed by atoms with Crippen molar-refractivity contribution in [3.8, 4) is 11.5 Å². The minimum Gasteiger partial charge on any atom is -0.493 e. The normalized spacial score (nSPS) is 11.6. The van der Waals surface area contributed by atoms with Crippen LogP contribution < -0.4 is 14.8 Å². The molecule has 0 bridgehead atoms. The topological polar surface area (TPSA) is 47.6 Å². The average Bonchev–Trinajstić information content (AvgIpc) is 2.64. The second-order valence-electron chi connectivity index (χ2n) is 5.66. The van der Waals surface area contributed by atoms with E-state index >= 15 is 0 Å². The number of amides is 1. The molecule has 2 aromatic carbocycles. The van der Waals surface area contributed by atoms with Crippen LogP contribution in [0.2, 0.25) is 0 Å². The third-order valence-corrected chi connectivity index (χ3v) is 4.01. The Morgan fingerprint density at radius 2 is 1.75 bits per heavy atom. The first-order valence-corrected chi connectivity index (χ1v) is 8.23. The molecule has 0 heterocycles. The van der Waals surface area contributed by atoms with Gasteiger partial charge in [-0.3, -0.25) is 4.79 Å². The van der Waals surface area contributed by atoms with Gasteiger partial charge < -0.3 is 14.8 Å². The molecule has 4 heteroatoms. The molecule has 0 radical (unpaired) electrons. The lowest BCUT2D eigenvalue weighted by atomic mass is 9.93. The highest BCUT2D eigenvalue weighted by Gasteiger charge is 2.19. The van der Waals surface area contributed by atoms with Crippen molar-refractivity contribution >= 4 is 5.91 Å². The van der Waals surface area contributed by atoms with Gasteiger partial charge in [0.15, 0.2) is 11.5 Å². The van der Waals surface area contributed by atoms with Crippen LogP contribution in [-0.2, 0) is 11.3 Å². The first-order valence-electron chi connectivity index (χ1n) is 8.23. The van der Waals surface area contributed by atoms with Gasteiger partial charge in [0, 0.05) is 6.54 Å². The molecule has 0 aliphatic rings. The van der Waals surface area contributed by atoms with Gasteiger partial charge in [0.25, 0.3) is 0 Å². The highest BCUT2D eigenvalue weighted by atomic mass is 16.5. The summed E-state index contributed by atoms with van der Waals surface area (Å²) < 4.78 is 10.5. The summed E-state index contributed by atoms with van der Waals surface area (Å²) >= 11 is 0. The number of hydrogen-bond donors (Lipinski definition) is 1. The molecular weight excluding hydrogens is 302 g/mol. The average molecular weight is 327 g/mol. The van der Waals surface area contributed by atoms with Crippen LogP contribution in [0.4, 0.5) is 0 Å². The summed E-state index contributed by atoms with van der Waals surface area (Å²) in [7, 11) is 3.21. The van der Waals surface area contributed by atoms with Crippen molar-refractivity contribution in [1.82, 2.24) is 5.32 Å². The summed E-state index contributed by atoms with van der Waals surface area (Å²) in [4.78, 5) is 12.6. The fourth-order valence-corrected chi connectivity index (χ4v) is 2.73. The number of carbonyl (C=O) groups excluding carboxylic acids is 1. The number of nitrogens with one attached hydrogen (secondary N) is 1. The fraction of sp³-hybridized carbons (Fsp3) is 0.350. The summed E-state index contributed by atoms with van der Waals surface area (Å²) in [5.74, 6) is 1.28. The van der Waals surface area contributed by atoms with Crippen LogP contribution in [0.25, 0.3) is 0 Å². The lowest BCUT2D eigenvalue weighted by Crippen LogP contribution is -2.29. The van der Waals surface area contributed by atoms with Gasteiger partial charge in [-0.2, -0.15) is 0 Å². The van der Waals surface area contributed by atoms with Crippen LogP contribution >= 0.6 is 0 Å². The predicted molar refractivity (Wildman–Crippen MR) is 95.5 cm³/mol. The van der Waals surface area contributed by atoms with Crippen molar-refractivity contribution in [3.05, 3.63) is 59.7 Å². The van der Waals surface area contributed by atoms with Crippen molar-refractivity contribution < 1.29 is 14.3 Å². The Kier molecular flexibility index (Phi) is 6.67.